The van der Waals surface area contributed by atoms with E-state index in [-0.39, 0.29) is 17.4 Å². The molecular weight excluding hydrogens is 204 g/mol. The number of imidazole rings is 1. The van der Waals surface area contributed by atoms with Gasteiger partial charge in [0.1, 0.15) is 5.82 Å². The van der Waals surface area contributed by atoms with Crippen molar-refractivity contribution in [1.29, 1.82) is 0 Å². The molecule has 1 atom stereocenters. The number of nitrogens with zero attached hydrogens (tertiary/aromatic N) is 1. The van der Waals surface area contributed by atoms with E-state index in [1.165, 1.54) is 0 Å². The number of aromatic nitrogens is 2. The van der Waals surface area contributed by atoms with Crippen molar-refractivity contribution in [3.63, 3.8) is 0 Å². The van der Waals surface area contributed by atoms with Gasteiger partial charge in [0.25, 0.3) is 0 Å². The van der Waals surface area contributed by atoms with E-state index < -0.39 is 0 Å². The van der Waals surface area contributed by atoms with Gasteiger partial charge in [-0.2, -0.15) is 0 Å². The van der Waals surface area contributed by atoms with Crippen LogP contribution in [0.15, 0.2) is 12.4 Å². The first-order chi connectivity index (χ1) is 7.39. The summed E-state index contributed by atoms with van der Waals surface area (Å²) in [5, 5.41) is 2.78. The molecular formula is C11H20N4O. The van der Waals surface area contributed by atoms with Crippen molar-refractivity contribution in [1.82, 2.24) is 15.3 Å². The van der Waals surface area contributed by atoms with Crippen LogP contribution in [0.25, 0.3) is 0 Å². The van der Waals surface area contributed by atoms with E-state index in [1.54, 1.807) is 12.4 Å². The molecule has 0 bridgehead atoms. The van der Waals surface area contributed by atoms with Crippen molar-refractivity contribution >= 4 is 5.91 Å². The second kappa shape index (κ2) is 5.12. The Hall–Kier alpha value is -1.36. The predicted molar refractivity (Wildman–Crippen MR) is 62.5 cm³/mol. The van der Waals surface area contributed by atoms with Gasteiger partial charge in [0.2, 0.25) is 5.91 Å². The molecule has 0 aliphatic rings. The van der Waals surface area contributed by atoms with Gasteiger partial charge < -0.3 is 16.0 Å². The number of carbonyl (C=O) groups excluding carboxylic acids is 1. The third-order valence-electron chi connectivity index (χ3n) is 2.53. The molecule has 0 fully saturated rings. The first-order valence-corrected chi connectivity index (χ1v) is 5.40. The molecule has 5 heteroatoms. The first kappa shape index (κ1) is 12.7. The van der Waals surface area contributed by atoms with Gasteiger partial charge in [-0.3, -0.25) is 4.79 Å². The fourth-order valence-corrected chi connectivity index (χ4v) is 1.16. The molecule has 1 aromatic rings. The molecule has 4 N–H and O–H groups in total. The standard InChI is InChI=1S/C11H20N4O/c1-11(2,3)8(12)6-10(16)15-7-9-13-4-5-14-9/h4-5,8H,6-7,12H2,1-3H3,(H,13,14)(H,15,16). The maximum absolute atomic E-state index is 11.6. The molecule has 0 saturated carbocycles. The third-order valence-corrected chi connectivity index (χ3v) is 2.53. The molecule has 90 valence electrons. The van der Waals surface area contributed by atoms with Crippen molar-refractivity contribution in [2.24, 2.45) is 11.1 Å². The van der Waals surface area contributed by atoms with Crippen molar-refractivity contribution in [2.45, 2.75) is 39.8 Å². The van der Waals surface area contributed by atoms with E-state index >= 15 is 0 Å². The summed E-state index contributed by atoms with van der Waals surface area (Å²) in [5.74, 6) is 0.705. The summed E-state index contributed by atoms with van der Waals surface area (Å²) in [6.45, 7) is 6.50. The Bertz CT molecular complexity index is 326. The minimum absolute atomic E-state index is 0.0428. The lowest BCUT2D eigenvalue weighted by molar-refractivity contribution is -0.122. The molecule has 1 heterocycles. The smallest absolute Gasteiger partial charge is 0.221 e. The molecule has 0 spiro atoms. The number of rotatable bonds is 4. The number of nitrogens with two attached hydrogens (primary N) is 1. The number of H-pyrrole nitrogens is 1. The summed E-state index contributed by atoms with van der Waals surface area (Å²) in [5.41, 5.74) is 5.86. The summed E-state index contributed by atoms with van der Waals surface area (Å²) < 4.78 is 0. The zero-order chi connectivity index (χ0) is 12.2. The molecule has 0 aromatic carbocycles. The lowest BCUT2D eigenvalue weighted by Gasteiger charge is -2.26. The van der Waals surface area contributed by atoms with Gasteiger partial charge in [-0.15, -0.1) is 0 Å². The normalized spacial score (nSPS) is 13.5. The largest absolute Gasteiger partial charge is 0.349 e. The molecule has 0 saturated heterocycles. The van der Waals surface area contributed by atoms with Crippen molar-refractivity contribution in [2.75, 3.05) is 0 Å². The molecule has 16 heavy (non-hydrogen) atoms. The van der Waals surface area contributed by atoms with Crippen LogP contribution in [0.2, 0.25) is 0 Å². The highest BCUT2D eigenvalue weighted by atomic mass is 16.1. The van der Waals surface area contributed by atoms with Crippen LogP contribution >= 0.6 is 0 Å². The van der Waals surface area contributed by atoms with Crippen molar-refractivity contribution < 1.29 is 4.79 Å². The second-order valence-corrected chi connectivity index (χ2v) is 4.99. The average Bonchev–Trinajstić information content (AvgIpc) is 2.65. The van der Waals surface area contributed by atoms with Crippen LogP contribution in [0, 0.1) is 5.41 Å². The molecule has 0 radical (unpaired) electrons. The maximum atomic E-state index is 11.6. The SMILES string of the molecule is CC(C)(C)C(N)CC(=O)NCc1ncc[nH]1. The van der Waals surface area contributed by atoms with Gasteiger partial charge >= 0.3 is 0 Å². The molecule has 0 aliphatic carbocycles. The Balaban J connectivity index is 2.31. The van der Waals surface area contributed by atoms with Gasteiger partial charge in [0.15, 0.2) is 0 Å². The van der Waals surface area contributed by atoms with E-state index in [0.29, 0.717) is 13.0 Å². The van der Waals surface area contributed by atoms with E-state index in [9.17, 15) is 4.79 Å². The number of amides is 1. The lowest BCUT2D eigenvalue weighted by Crippen LogP contribution is -2.40. The minimum Gasteiger partial charge on any atom is -0.349 e. The number of hydrogen-bond acceptors (Lipinski definition) is 3. The minimum atomic E-state index is -0.135. The lowest BCUT2D eigenvalue weighted by atomic mass is 9.85. The van der Waals surface area contributed by atoms with E-state index in [4.69, 9.17) is 5.73 Å². The predicted octanol–water partition coefficient (Wildman–Crippen LogP) is 0.789. The van der Waals surface area contributed by atoms with Crippen LogP contribution in [-0.2, 0) is 11.3 Å². The first-order valence-electron chi connectivity index (χ1n) is 5.40. The molecule has 1 unspecified atom stereocenters. The Kier molecular flexibility index (Phi) is 4.06. The molecule has 5 nitrogen and oxygen atoms in total. The van der Waals surface area contributed by atoms with Crippen molar-refractivity contribution in [3.05, 3.63) is 18.2 Å². The number of aromatic amines is 1. The average molecular weight is 224 g/mol. The quantitative estimate of drug-likeness (QED) is 0.707. The fraction of sp³-hybridized carbons (Fsp3) is 0.636. The third kappa shape index (κ3) is 4.02. The molecule has 1 amide bonds. The summed E-state index contributed by atoms with van der Waals surface area (Å²) in [6.07, 6.45) is 3.72. The summed E-state index contributed by atoms with van der Waals surface area (Å²) >= 11 is 0. The van der Waals surface area contributed by atoms with Crippen LogP contribution < -0.4 is 11.1 Å². The molecule has 1 rings (SSSR count). The van der Waals surface area contributed by atoms with Crippen molar-refractivity contribution in [3.8, 4) is 0 Å². The Morgan fingerprint density at radius 2 is 2.31 bits per heavy atom. The van der Waals surface area contributed by atoms with Gasteiger partial charge in [0.05, 0.1) is 6.54 Å². The highest BCUT2D eigenvalue weighted by molar-refractivity contribution is 5.76. The highest BCUT2D eigenvalue weighted by Crippen LogP contribution is 2.19. The van der Waals surface area contributed by atoms with E-state index in [1.807, 2.05) is 20.8 Å². The van der Waals surface area contributed by atoms with E-state index in [2.05, 4.69) is 15.3 Å². The topological polar surface area (TPSA) is 83.8 Å². The van der Waals surface area contributed by atoms with E-state index in [0.717, 1.165) is 5.82 Å². The van der Waals surface area contributed by atoms with Crippen LogP contribution in [0.1, 0.15) is 33.0 Å². The fourth-order valence-electron chi connectivity index (χ4n) is 1.16. The monoisotopic (exact) mass is 224 g/mol. The van der Waals surface area contributed by atoms with Crippen LogP contribution in [0.3, 0.4) is 0 Å². The zero-order valence-corrected chi connectivity index (χ0v) is 10.1. The van der Waals surface area contributed by atoms with Gasteiger partial charge in [-0.1, -0.05) is 20.8 Å². The van der Waals surface area contributed by atoms with Gasteiger partial charge in [0, 0.05) is 24.9 Å². The van der Waals surface area contributed by atoms with Gasteiger partial charge in [-0.25, -0.2) is 4.98 Å². The maximum Gasteiger partial charge on any atom is 0.221 e. The summed E-state index contributed by atoms with van der Waals surface area (Å²) in [6, 6.07) is -0.135. The van der Waals surface area contributed by atoms with Crippen LogP contribution in [0.5, 0.6) is 0 Å². The zero-order valence-electron chi connectivity index (χ0n) is 10.1. The Labute approximate surface area is 95.8 Å². The Morgan fingerprint density at radius 1 is 1.62 bits per heavy atom. The number of carbonyl (C=O) groups is 1. The van der Waals surface area contributed by atoms with Gasteiger partial charge in [-0.05, 0) is 5.41 Å². The van der Waals surface area contributed by atoms with Crippen LogP contribution in [0.4, 0.5) is 0 Å². The van der Waals surface area contributed by atoms with Crippen LogP contribution in [-0.4, -0.2) is 21.9 Å². The second-order valence-electron chi connectivity index (χ2n) is 4.99. The Morgan fingerprint density at radius 3 is 2.81 bits per heavy atom. The summed E-state index contributed by atoms with van der Waals surface area (Å²) in [7, 11) is 0. The molecule has 0 aliphatic heterocycles. The highest BCUT2D eigenvalue weighted by Gasteiger charge is 2.22. The number of nitrogens with one attached hydrogen (secondary N) is 2. The number of hydrogen-bond donors (Lipinski definition) is 3. The molecule has 1 aromatic heterocycles. The summed E-state index contributed by atoms with van der Waals surface area (Å²) in [4.78, 5) is 18.5.